The summed E-state index contributed by atoms with van der Waals surface area (Å²) in [6.07, 6.45) is 6.66. The molecule has 1 fully saturated rings. The summed E-state index contributed by atoms with van der Waals surface area (Å²) in [6.45, 7) is 3.94. The van der Waals surface area contributed by atoms with Gasteiger partial charge in [0.15, 0.2) is 11.5 Å². The number of carboxylic acids is 1. The highest BCUT2D eigenvalue weighted by atomic mass is 16.7. The van der Waals surface area contributed by atoms with Gasteiger partial charge in [0.05, 0.1) is 12.5 Å². The Balaban J connectivity index is 1.59. The van der Waals surface area contributed by atoms with E-state index in [-0.39, 0.29) is 37.8 Å². The predicted octanol–water partition coefficient (Wildman–Crippen LogP) is 2.32. The molecule has 1 amide bonds. The van der Waals surface area contributed by atoms with Gasteiger partial charge in [0.1, 0.15) is 6.33 Å². The molecule has 2 aromatic rings. The highest BCUT2D eigenvalue weighted by Gasteiger charge is 2.47. The van der Waals surface area contributed by atoms with Gasteiger partial charge in [0, 0.05) is 50.1 Å². The van der Waals surface area contributed by atoms with Crippen LogP contribution in [0, 0.1) is 5.92 Å². The van der Waals surface area contributed by atoms with Gasteiger partial charge in [0.25, 0.3) is 0 Å². The number of likely N-dealkylation sites (tertiary alicyclic amines) is 1. The number of aliphatic hydroxyl groups is 1. The van der Waals surface area contributed by atoms with E-state index in [0.717, 1.165) is 24.1 Å². The topological polar surface area (TPSA) is 125 Å². The van der Waals surface area contributed by atoms with Crippen molar-refractivity contribution >= 4 is 11.9 Å². The van der Waals surface area contributed by atoms with Crippen molar-refractivity contribution in [1.82, 2.24) is 19.8 Å². The summed E-state index contributed by atoms with van der Waals surface area (Å²) in [5.41, 5.74) is 1.70. The number of fused-ring (bicyclic) bond motifs is 1. The first-order chi connectivity index (χ1) is 18.0. The van der Waals surface area contributed by atoms with E-state index < -0.39 is 11.9 Å². The van der Waals surface area contributed by atoms with E-state index in [9.17, 15) is 19.8 Å². The number of unbranched alkanes of at least 4 members (excludes halogenated alkanes) is 1. The smallest absolute Gasteiger partial charge is 0.308 e. The maximum absolute atomic E-state index is 13.4. The third kappa shape index (κ3) is 6.56. The Labute approximate surface area is 217 Å². The van der Waals surface area contributed by atoms with Crippen molar-refractivity contribution in [3.05, 3.63) is 48.0 Å². The molecule has 1 aromatic heterocycles. The molecule has 2 aliphatic rings. The summed E-state index contributed by atoms with van der Waals surface area (Å²) < 4.78 is 11.0. The molecule has 10 nitrogen and oxygen atoms in total. The number of aromatic nitrogens is 2. The standard InChI is InChI=1S/C27H36N4O6/c1-2-3-11-30(12-4-13-32)25(33)16-31-15-21(19-5-8-23-24(14-19)37-18-36-23)26(27(34)35)22(31)7-6-20-9-10-28-17-29-20/h5,8-10,14,17,21-22,26,32H,2-4,6-7,11-13,15-16,18H2,1H3,(H,34,35)/t21-,22+,26-/m1/s1. The number of benzene rings is 1. The number of aliphatic carboxylic acids is 1. The second-order valence-corrected chi connectivity index (χ2v) is 9.63. The maximum Gasteiger partial charge on any atom is 0.308 e. The second-order valence-electron chi connectivity index (χ2n) is 9.63. The third-order valence-electron chi connectivity index (χ3n) is 7.26. The molecule has 1 saturated heterocycles. The summed E-state index contributed by atoms with van der Waals surface area (Å²) in [5, 5.41) is 19.7. The van der Waals surface area contributed by atoms with Gasteiger partial charge in [0.2, 0.25) is 12.7 Å². The summed E-state index contributed by atoms with van der Waals surface area (Å²) in [7, 11) is 0. The van der Waals surface area contributed by atoms with E-state index in [1.807, 2.05) is 29.2 Å². The number of carbonyl (C=O) groups is 2. The van der Waals surface area contributed by atoms with Gasteiger partial charge in [-0.15, -0.1) is 0 Å². The zero-order valence-corrected chi connectivity index (χ0v) is 21.3. The Morgan fingerprint density at radius 3 is 2.70 bits per heavy atom. The van der Waals surface area contributed by atoms with Crippen LogP contribution in [-0.4, -0.2) is 87.5 Å². The zero-order chi connectivity index (χ0) is 26.2. The molecule has 1 aromatic carbocycles. The van der Waals surface area contributed by atoms with Crippen LogP contribution in [0.4, 0.5) is 0 Å². The van der Waals surface area contributed by atoms with Crippen LogP contribution >= 0.6 is 0 Å². The normalized spacial score (nSPS) is 20.8. The van der Waals surface area contributed by atoms with Crippen molar-refractivity contribution < 1.29 is 29.3 Å². The van der Waals surface area contributed by atoms with Gasteiger partial charge in [-0.1, -0.05) is 19.4 Å². The van der Waals surface area contributed by atoms with Gasteiger partial charge in [-0.05, 0) is 49.4 Å². The molecular weight excluding hydrogens is 476 g/mol. The molecule has 0 bridgehead atoms. The van der Waals surface area contributed by atoms with Crippen molar-refractivity contribution in [2.75, 3.05) is 39.6 Å². The second kappa shape index (κ2) is 12.8. The number of carbonyl (C=O) groups excluding carboxylic acids is 1. The highest BCUT2D eigenvalue weighted by Crippen LogP contribution is 2.43. The van der Waals surface area contributed by atoms with Crippen molar-refractivity contribution in [1.29, 1.82) is 0 Å². The molecule has 3 heterocycles. The van der Waals surface area contributed by atoms with E-state index in [2.05, 4.69) is 16.9 Å². The van der Waals surface area contributed by atoms with E-state index in [1.165, 1.54) is 6.33 Å². The number of nitrogens with zero attached hydrogens (tertiary/aromatic N) is 4. The first-order valence-corrected chi connectivity index (χ1v) is 13.0. The molecule has 0 aliphatic carbocycles. The third-order valence-corrected chi connectivity index (χ3v) is 7.26. The lowest BCUT2D eigenvalue weighted by Gasteiger charge is -2.29. The fourth-order valence-corrected chi connectivity index (χ4v) is 5.34. The molecule has 200 valence electrons. The Morgan fingerprint density at radius 2 is 1.97 bits per heavy atom. The monoisotopic (exact) mass is 512 g/mol. The SMILES string of the molecule is CCCCN(CCCO)C(=O)CN1C[C@H](c2ccc3c(c2)OCO3)[C@@H](C(=O)O)[C@@H]1CCc1ccncn1. The van der Waals surface area contributed by atoms with E-state index in [1.54, 1.807) is 11.1 Å². The fourth-order valence-electron chi connectivity index (χ4n) is 5.34. The number of hydrogen-bond donors (Lipinski definition) is 2. The van der Waals surface area contributed by atoms with Crippen LogP contribution in [0.1, 0.15) is 49.8 Å². The molecule has 0 saturated carbocycles. The molecule has 10 heteroatoms. The van der Waals surface area contributed by atoms with Crippen LogP contribution in [0.15, 0.2) is 36.8 Å². The average molecular weight is 513 g/mol. The number of carboxylic acid groups (broad SMARTS) is 1. The molecule has 0 unspecified atom stereocenters. The summed E-state index contributed by atoms with van der Waals surface area (Å²) in [6, 6.07) is 7.07. The van der Waals surface area contributed by atoms with Crippen LogP contribution in [-0.2, 0) is 16.0 Å². The Morgan fingerprint density at radius 1 is 1.16 bits per heavy atom. The lowest BCUT2D eigenvalue weighted by molar-refractivity contribution is -0.143. The number of ether oxygens (including phenoxy) is 2. The molecule has 0 radical (unpaired) electrons. The molecule has 2 N–H and O–H groups in total. The molecule has 2 aliphatic heterocycles. The summed E-state index contributed by atoms with van der Waals surface area (Å²) in [4.78, 5) is 38.1. The van der Waals surface area contributed by atoms with Crippen molar-refractivity contribution in [2.45, 2.75) is 51.0 Å². The van der Waals surface area contributed by atoms with Crippen molar-refractivity contribution in [2.24, 2.45) is 5.92 Å². The van der Waals surface area contributed by atoms with Gasteiger partial charge in [-0.2, -0.15) is 0 Å². The first-order valence-electron chi connectivity index (χ1n) is 13.0. The molecule has 0 spiro atoms. The molecule has 4 rings (SSSR count). The van der Waals surface area contributed by atoms with Gasteiger partial charge in [-0.3, -0.25) is 14.5 Å². The highest BCUT2D eigenvalue weighted by molar-refractivity contribution is 5.79. The first kappa shape index (κ1) is 26.8. The number of aryl methyl sites for hydroxylation is 1. The fraction of sp³-hybridized carbons (Fsp3) is 0.556. The molecule has 37 heavy (non-hydrogen) atoms. The van der Waals surface area contributed by atoms with Crippen molar-refractivity contribution in [3.63, 3.8) is 0 Å². The Hall–Kier alpha value is -3.24. The van der Waals surface area contributed by atoms with Gasteiger partial charge in [-0.25, -0.2) is 9.97 Å². The zero-order valence-electron chi connectivity index (χ0n) is 21.3. The lowest BCUT2D eigenvalue weighted by atomic mass is 9.83. The van der Waals surface area contributed by atoms with Crippen LogP contribution in [0.25, 0.3) is 0 Å². The maximum atomic E-state index is 13.4. The van der Waals surface area contributed by atoms with Crippen molar-refractivity contribution in [3.8, 4) is 11.5 Å². The molecule has 3 atom stereocenters. The van der Waals surface area contributed by atoms with Gasteiger partial charge >= 0.3 is 5.97 Å². The number of aliphatic hydroxyl groups excluding tert-OH is 1. The van der Waals surface area contributed by atoms with E-state index in [4.69, 9.17) is 9.47 Å². The largest absolute Gasteiger partial charge is 0.481 e. The van der Waals surface area contributed by atoms with Crippen LogP contribution in [0.2, 0.25) is 0 Å². The van der Waals surface area contributed by atoms with E-state index >= 15 is 0 Å². The number of amides is 1. The lowest BCUT2D eigenvalue weighted by Crippen LogP contribution is -2.45. The predicted molar refractivity (Wildman–Crippen MR) is 135 cm³/mol. The van der Waals surface area contributed by atoms with Crippen LogP contribution < -0.4 is 9.47 Å². The summed E-state index contributed by atoms with van der Waals surface area (Å²) >= 11 is 0. The van der Waals surface area contributed by atoms with Crippen LogP contribution in [0.3, 0.4) is 0 Å². The minimum atomic E-state index is -0.881. The van der Waals surface area contributed by atoms with Gasteiger partial charge < -0.3 is 24.6 Å². The van der Waals surface area contributed by atoms with Crippen LogP contribution in [0.5, 0.6) is 11.5 Å². The quantitative estimate of drug-likeness (QED) is 0.416. The van der Waals surface area contributed by atoms with E-state index in [0.29, 0.717) is 50.4 Å². The number of hydrogen-bond acceptors (Lipinski definition) is 8. The average Bonchev–Trinajstić information content (AvgIpc) is 3.52. The Kier molecular flexibility index (Phi) is 9.29. The Bertz CT molecular complexity index is 1040. The number of rotatable bonds is 13. The minimum absolute atomic E-state index is 0.0223. The molecular formula is C27H36N4O6. The summed E-state index contributed by atoms with van der Waals surface area (Å²) in [5.74, 6) is -0.661. The minimum Gasteiger partial charge on any atom is -0.481 e.